The predicted molar refractivity (Wildman–Crippen MR) is 61.7 cm³/mol. The molecule has 1 fully saturated rings. The summed E-state index contributed by atoms with van der Waals surface area (Å²) in [5.41, 5.74) is 0. The third kappa shape index (κ3) is 3.05. The number of nitrogens with zero attached hydrogens (tertiary/aromatic N) is 1. The van der Waals surface area contributed by atoms with Crippen molar-refractivity contribution in [2.24, 2.45) is 5.92 Å². The standard InChI is InChI=1S/C10H17N3O3S/c14-9(8-3-1-2-4-8)5-13-17(15,16)10-6-11-7-12-10/h6-9,13-14H,1-5H2,(H,11,12). The number of sulfonamides is 1. The van der Waals surface area contributed by atoms with Crippen LogP contribution in [0.5, 0.6) is 0 Å². The smallest absolute Gasteiger partial charge is 0.257 e. The van der Waals surface area contributed by atoms with E-state index in [-0.39, 0.29) is 17.5 Å². The summed E-state index contributed by atoms with van der Waals surface area (Å²) in [5, 5.41) is 9.88. The zero-order valence-corrected chi connectivity index (χ0v) is 10.3. The number of hydrogen-bond donors (Lipinski definition) is 3. The van der Waals surface area contributed by atoms with Gasteiger partial charge in [0.15, 0.2) is 5.03 Å². The van der Waals surface area contributed by atoms with E-state index in [4.69, 9.17) is 0 Å². The lowest BCUT2D eigenvalue weighted by Gasteiger charge is -2.17. The first-order chi connectivity index (χ1) is 8.09. The summed E-state index contributed by atoms with van der Waals surface area (Å²) in [4.78, 5) is 6.18. The average molecular weight is 259 g/mol. The lowest BCUT2D eigenvalue weighted by Crippen LogP contribution is -2.35. The van der Waals surface area contributed by atoms with Gasteiger partial charge < -0.3 is 10.1 Å². The highest BCUT2D eigenvalue weighted by Gasteiger charge is 2.25. The van der Waals surface area contributed by atoms with Crippen LogP contribution < -0.4 is 4.72 Å². The number of H-pyrrole nitrogens is 1. The predicted octanol–water partition coefficient (Wildman–Crippen LogP) is 0.239. The van der Waals surface area contributed by atoms with E-state index in [2.05, 4.69) is 14.7 Å². The van der Waals surface area contributed by atoms with Gasteiger partial charge in [-0.2, -0.15) is 0 Å². The molecule has 1 aliphatic rings. The van der Waals surface area contributed by atoms with E-state index in [0.717, 1.165) is 25.7 Å². The molecule has 0 amide bonds. The summed E-state index contributed by atoms with van der Waals surface area (Å²) in [5.74, 6) is 0.222. The van der Waals surface area contributed by atoms with Gasteiger partial charge in [-0.3, -0.25) is 0 Å². The molecule has 17 heavy (non-hydrogen) atoms. The highest BCUT2D eigenvalue weighted by molar-refractivity contribution is 7.89. The van der Waals surface area contributed by atoms with E-state index in [1.165, 1.54) is 12.5 Å². The highest BCUT2D eigenvalue weighted by atomic mass is 32.2. The monoisotopic (exact) mass is 259 g/mol. The van der Waals surface area contributed by atoms with Crippen LogP contribution in [0.15, 0.2) is 17.6 Å². The van der Waals surface area contributed by atoms with Gasteiger partial charge in [0.05, 0.1) is 18.6 Å². The topological polar surface area (TPSA) is 95.1 Å². The first kappa shape index (κ1) is 12.5. The molecule has 1 atom stereocenters. The quantitative estimate of drug-likeness (QED) is 0.706. The van der Waals surface area contributed by atoms with Gasteiger partial charge in [-0.15, -0.1) is 0 Å². The summed E-state index contributed by atoms with van der Waals surface area (Å²) in [6.07, 6.45) is 6.14. The Hall–Kier alpha value is -0.920. The number of aromatic amines is 1. The molecular formula is C10H17N3O3S. The minimum atomic E-state index is -3.57. The number of rotatable bonds is 5. The van der Waals surface area contributed by atoms with Crippen LogP contribution in [0.4, 0.5) is 0 Å². The van der Waals surface area contributed by atoms with E-state index in [9.17, 15) is 13.5 Å². The summed E-state index contributed by atoms with van der Waals surface area (Å²) in [7, 11) is -3.57. The van der Waals surface area contributed by atoms with Crippen molar-refractivity contribution in [3.8, 4) is 0 Å². The molecule has 0 aromatic carbocycles. The molecule has 0 bridgehead atoms. The van der Waals surface area contributed by atoms with Crippen LogP contribution in [0.3, 0.4) is 0 Å². The minimum Gasteiger partial charge on any atom is -0.391 e. The third-order valence-corrected chi connectivity index (χ3v) is 4.54. The molecule has 1 aromatic heterocycles. The van der Waals surface area contributed by atoms with Gasteiger partial charge >= 0.3 is 0 Å². The number of hydrogen-bond acceptors (Lipinski definition) is 4. The maximum atomic E-state index is 11.7. The highest BCUT2D eigenvalue weighted by Crippen LogP contribution is 2.27. The molecule has 1 heterocycles. The fourth-order valence-electron chi connectivity index (χ4n) is 2.17. The largest absolute Gasteiger partial charge is 0.391 e. The van der Waals surface area contributed by atoms with Gasteiger partial charge in [0.1, 0.15) is 0 Å². The van der Waals surface area contributed by atoms with Crippen LogP contribution >= 0.6 is 0 Å². The molecule has 3 N–H and O–H groups in total. The molecule has 1 aliphatic carbocycles. The van der Waals surface area contributed by atoms with Crippen molar-refractivity contribution < 1.29 is 13.5 Å². The molecule has 96 valence electrons. The maximum Gasteiger partial charge on any atom is 0.257 e. The molecule has 1 aromatic rings. The molecule has 1 saturated carbocycles. The van der Waals surface area contributed by atoms with E-state index in [1.54, 1.807) is 0 Å². The van der Waals surface area contributed by atoms with Crippen molar-refractivity contribution in [2.75, 3.05) is 6.54 Å². The van der Waals surface area contributed by atoms with Crippen molar-refractivity contribution >= 4 is 10.0 Å². The van der Waals surface area contributed by atoms with Crippen molar-refractivity contribution in [3.63, 3.8) is 0 Å². The minimum absolute atomic E-state index is 0.0242. The number of imidazole rings is 1. The Balaban J connectivity index is 1.89. The lowest BCUT2D eigenvalue weighted by molar-refractivity contribution is 0.115. The van der Waals surface area contributed by atoms with Gasteiger partial charge in [-0.1, -0.05) is 12.8 Å². The Morgan fingerprint density at radius 2 is 2.24 bits per heavy atom. The van der Waals surface area contributed by atoms with Crippen molar-refractivity contribution in [1.29, 1.82) is 0 Å². The van der Waals surface area contributed by atoms with E-state index in [0.29, 0.717) is 0 Å². The van der Waals surface area contributed by atoms with Crippen molar-refractivity contribution in [3.05, 3.63) is 12.5 Å². The average Bonchev–Trinajstić information content (AvgIpc) is 2.97. The van der Waals surface area contributed by atoms with Crippen LogP contribution in [0, 0.1) is 5.92 Å². The molecule has 6 nitrogen and oxygen atoms in total. The molecule has 1 unspecified atom stereocenters. The van der Waals surface area contributed by atoms with Gasteiger partial charge in [-0.05, 0) is 18.8 Å². The van der Waals surface area contributed by atoms with Crippen LogP contribution in [-0.2, 0) is 10.0 Å². The Kier molecular flexibility index (Phi) is 3.80. The normalized spacial score (nSPS) is 19.6. The van der Waals surface area contributed by atoms with Gasteiger partial charge in [0, 0.05) is 6.54 Å². The Morgan fingerprint density at radius 1 is 1.53 bits per heavy atom. The summed E-state index contributed by atoms with van der Waals surface area (Å²) < 4.78 is 25.8. The second-order valence-corrected chi connectivity index (χ2v) is 6.12. The first-order valence-electron chi connectivity index (χ1n) is 5.76. The summed E-state index contributed by atoms with van der Waals surface area (Å²) in [6, 6.07) is 0. The Bertz CT molecular complexity index is 437. The first-order valence-corrected chi connectivity index (χ1v) is 7.24. The van der Waals surface area contributed by atoms with E-state index < -0.39 is 16.1 Å². The zero-order valence-electron chi connectivity index (χ0n) is 9.46. The second kappa shape index (κ2) is 5.16. The van der Waals surface area contributed by atoms with E-state index in [1.807, 2.05) is 0 Å². The fraction of sp³-hybridized carbons (Fsp3) is 0.700. The van der Waals surface area contributed by atoms with Gasteiger partial charge in [-0.25, -0.2) is 18.1 Å². The fourth-order valence-corrected chi connectivity index (χ4v) is 3.12. The third-order valence-electron chi connectivity index (χ3n) is 3.19. The van der Waals surface area contributed by atoms with Crippen molar-refractivity contribution in [1.82, 2.24) is 14.7 Å². The van der Waals surface area contributed by atoms with Gasteiger partial charge in [0.2, 0.25) is 0 Å². The molecule has 0 spiro atoms. The van der Waals surface area contributed by atoms with Crippen LogP contribution in [-0.4, -0.2) is 36.1 Å². The number of aliphatic hydroxyl groups is 1. The number of nitrogens with one attached hydrogen (secondary N) is 2. The molecular weight excluding hydrogens is 242 g/mol. The summed E-state index contributed by atoms with van der Waals surface area (Å²) in [6.45, 7) is 0.0615. The molecule has 2 rings (SSSR count). The van der Waals surface area contributed by atoms with Crippen LogP contribution in [0.2, 0.25) is 0 Å². The Labute approximate surface area is 101 Å². The Morgan fingerprint density at radius 3 is 2.82 bits per heavy atom. The molecule has 7 heteroatoms. The van der Waals surface area contributed by atoms with Crippen molar-refractivity contribution in [2.45, 2.75) is 36.8 Å². The second-order valence-electron chi connectivity index (χ2n) is 4.38. The molecule has 0 radical (unpaired) electrons. The van der Waals surface area contributed by atoms with E-state index >= 15 is 0 Å². The number of aliphatic hydroxyl groups excluding tert-OH is 1. The number of aromatic nitrogens is 2. The molecule has 0 aliphatic heterocycles. The van der Waals surface area contributed by atoms with Gasteiger partial charge in [0.25, 0.3) is 10.0 Å². The molecule has 0 saturated heterocycles. The zero-order chi connectivity index (χ0) is 12.3. The van der Waals surface area contributed by atoms with Crippen LogP contribution in [0.1, 0.15) is 25.7 Å². The van der Waals surface area contributed by atoms with Crippen LogP contribution in [0.25, 0.3) is 0 Å². The lowest BCUT2D eigenvalue weighted by atomic mass is 10.0. The SMILES string of the molecule is O=S(=O)(NCC(O)C1CCCC1)c1cnc[nH]1. The summed E-state index contributed by atoms with van der Waals surface area (Å²) >= 11 is 0. The maximum absolute atomic E-state index is 11.7.